The Morgan fingerprint density at radius 3 is 1.66 bits per heavy atom. The van der Waals surface area contributed by atoms with E-state index in [9.17, 15) is 9.59 Å². The molecule has 156 valence electrons. The number of hydrogen-bond donors (Lipinski definition) is 0. The van der Waals surface area contributed by atoms with Crippen LogP contribution < -0.4 is 0 Å². The molecule has 4 aromatic rings. The molecule has 4 aromatic carbocycles. The van der Waals surface area contributed by atoms with Crippen molar-refractivity contribution in [3.63, 3.8) is 0 Å². The number of ketones is 1. The topological polar surface area (TPSA) is 55.7 Å². The predicted octanol–water partition coefficient (Wildman–Crippen LogP) is 5.72. The van der Waals surface area contributed by atoms with Crippen LogP contribution in [0.3, 0.4) is 0 Å². The summed E-state index contributed by atoms with van der Waals surface area (Å²) in [6, 6.07) is 35.1. The van der Waals surface area contributed by atoms with E-state index in [0.29, 0.717) is 16.7 Å². The molecular weight excluding hydrogens is 398 g/mol. The van der Waals surface area contributed by atoms with Crippen molar-refractivity contribution in [2.75, 3.05) is 0 Å². The maximum atomic E-state index is 13.2. The van der Waals surface area contributed by atoms with Gasteiger partial charge in [0.05, 0.1) is 5.56 Å². The van der Waals surface area contributed by atoms with Crippen molar-refractivity contribution in [2.24, 2.45) is 5.16 Å². The van der Waals surface area contributed by atoms with E-state index >= 15 is 0 Å². The molecule has 0 aliphatic heterocycles. The van der Waals surface area contributed by atoms with E-state index < -0.39 is 5.97 Å². The molecule has 0 atom stereocenters. The van der Waals surface area contributed by atoms with Crippen LogP contribution in [0.4, 0.5) is 0 Å². The highest BCUT2D eigenvalue weighted by atomic mass is 16.7. The van der Waals surface area contributed by atoms with Gasteiger partial charge in [0.15, 0.2) is 5.71 Å². The molecule has 4 heteroatoms. The fraction of sp³-hybridized carbons (Fsp3) is 0.0357. The van der Waals surface area contributed by atoms with Crippen molar-refractivity contribution in [3.8, 4) is 0 Å². The monoisotopic (exact) mass is 419 g/mol. The van der Waals surface area contributed by atoms with Gasteiger partial charge in [0.1, 0.15) is 0 Å². The van der Waals surface area contributed by atoms with Crippen LogP contribution in [0.2, 0.25) is 0 Å². The van der Waals surface area contributed by atoms with E-state index in [0.717, 1.165) is 12.0 Å². The number of oxime groups is 1. The van der Waals surface area contributed by atoms with E-state index in [4.69, 9.17) is 4.84 Å². The summed E-state index contributed by atoms with van der Waals surface area (Å²) in [6.45, 7) is 0. The highest BCUT2D eigenvalue weighted by molar-refractivity contribution is 6.51. The summed E-state index contributed by atoms with van der Waals surface area (Å²) in [5.74, 6) is -0.937. The highest BCUT2D eigenvalue weighted by Gasteiger charge is 2.18. The third-order valence-corrected chi connectivity index (χ3v) is 4.96. The summed E-state index contributed by atoms with van der Waals surface area (Å²) in [6.07, 6.45) is 0.781. The second kappa shape index (κ2) is 10.1. The van der Waals surface area contributed by atoms with Crippen LogP contribution in [0, 0.1) is 0 Å². The lowest BCUT2D eigenvalue weighted by atomic mass is 9.98. The SMILES string of the molecule is O=C(O/N=C(/C(=O)c1ccc(Cc2ccccc2)cc1)c1ccccc1)c1ccccc1. The molecule has 0 aliphatic carbocycles. The normalized spacial score (nSPS) is 11.1. The number of carbonyl (C=O) groups excluding carboxylic acids is 2. The minimum Gasteiger partial charge on any atom is -0.312 e. The van der Waals surface area contributed by atoms with Gasteiger partial charge in [0, 0.05) is 11.1 Å². The Morgan fingerprint density at radius 2 is 1.06 bits per heavy atom. The first-order chi connectivity index (χ1) is 15.7. The minimum absolute atomic E-state index is 0.0747. The van der Waals surface area contributed by atoms with E-state index in [1.165, 1.54) is 5.56 Å². The zero-order chi connectivity index (χ0) is 22.2. The average molecular weight is 419 g/mol. The van der Waals surface area contributed by atoms with Gasteiger partial charge in [-0.1, -0.05) is 108 Å². The number of hydrogen-bond acceptors (Lipinski definition) is 4. The predicted molar refractivity (Wildman–Crippen MR) is 125 cm³/mol. The zero-order valence-electron chi connectivity index (χ0n) is 17.3. The van der Waals surface area contributed by atoms with Crippen molar-refractivity contribution in [1.29, 1.82) is 0 Å². The molecule has 0 amide bonds. The number of Topliss-reactive ketones (excluding diaryl/α,β-unsaturated/α-hetero) is 1. The lowest BCUT2D eigenvalue weighted by Gasteiger charge is -2.07. The van der Waals surface area contributed by atoms with Crippen molar-refractivity contribution >= 4 is 17.5 Å². The second-order valence-corrected chi connectivity index (χ2v) is 7.24. The van der Waals surface area contributed by atoms with Gasteiger partial charge in [-0.2, -0.15) is 0 Å². The van der Waals surface area contributed by atoms with Crippen molar-refractivity contribution < 1.29 is 14.4 Å². The summed E-state index contributed by atoms with van der Waals surface area (Å²) in [5.41, 5.74) is 3.78. The van der Waals surface area contributed by atoms with Crippen LogP contribution >= 0.6 is 0 Å². The molecule has 0 aliphatic rings. The molecule has 32 heavy (non-hydrogen) atoms. The smallest absolute Gasteiger partial charge is 0.312 e. The van der Waals surface area contributed by atoms with Gasteiger partial charge in [0.2, 0.25) is 5.78 Å². The molecule has 0 unspecified atom stereocenters. The number of benzene rings is 4. The summed E-state index contributed by atoms with van der Waals surface area (Å²) in [5, 5.41) is 3.95. The molecule has 0 fully saturated rings. The Morgan fingerprint density at radius 1 is 0.562 bits per heavy atom. The largest absolute Gasteiger partial charge is 0.365 e. The first-order valence-corrected chi connectivity index (χ1v) is 10.3. The molecule has 0 heterocycles. The van der Waals surface area contributed by atoms with E-state index in [1.54, 1.807) is 66.7 Å². The van der Waals surface area contributed by atoms with Crippen LogP contribution in [0.5, 0.6) is 0 Å². The third-order valence-electron chi connectivity index (χ3n) is 4.96. The molecule has 0 saturated carbocycles. The van der Waals surface area contributed by atoms with Crippen LogP contribution in [0.15, 0.2) is 120 Å². The van der Waals surface area contributed by atoms with Gasteiger partial charge in [-0.05, 0) is 29.7 Å². The number of rotatable bonds is 7. The second-order valence-electron chi connectivity index (χ2n) is 7.24. The van der Waals surface area contributed by atoms with E-state index in [1.807, 2.05) is 36.4 Å². The fourth-order valence-electron chi connectivity index (χ4n) is 3.28. The Hall–Kier alpha value is -4.31. The summed E-state index contributed by atoms with van der Waals surface area (Å²) in [7, 11) is 0. The van der Waals surface area contributed by atoms with Crippen molar-refractivity contribution in [3.05, 3.63) is 143 Å². The Bertz CT molecular complexity index is 1220. The highest BCUT2D eigenvalue weighted by Crippen LogP contribution is 2.14. The lowest BCUT2D eigenvalue weighted by Crippen LogP contribution is -2.17. The average Bonchev–Trinajstić information content (AvgIpc) is 2.86. The fourth-order valence-corrected chi connectivity index (χ4v) is 3.28. The standard InChI is InChI=1S/C28H21NO3/c30-27(24-18-16-22(17-19-24)20-21-10-4-1-5-11-21)26(23-12-6-2-7-13-23)29-32-28(31)25-14-8-3-9-15-25/h1-19H,20H2/b29-26+. The molecule has 0 bridgehead atoms. The van der Waals surface area contributed by atoms with Gasteiger partial charge in [-0.3, -0.25) is 4.79 Å². The van der Waals surface area contributed by atoms with Gasteiger partial charge >= 0.3 is 5.97 Å². The molecule has 0 spiro atoms. The lowest BCUT2D eigenvalue weighted by molar-refractivity contribution is 0.0516. The maximum absolute atomic E-state index is 13.2. The molecule has 0 aromatic heterocycles. The quantitative estimate of drug-likeness (QED) is 0.167. The van der Waals surface area contributed by atoms with E-state index in [-0.39, 0.29) is 11.5 Å². The molecule has 0 radical (unpaired) electrons. The van der Waals surface area contributed by atoms with Crippen molar-refractivity contribution in [2.45, 2.75) is 6.42 Å². The Labute approximate surface area is 186 Å². The van der Waals surface area contributed by atoms with Gasteiger partial charge in [-0.25, -0.2) is 4.79 Å². The van der Waals surface area contributed by atoms with E-state index in [2.05, 4.69) is 17.3 Å². The molecule has 4 nitrogen and oxygen atoms in total. The molecule has 0 saturated heterocycles. The summed E-state index contributed by atoms with van der Waals surface area (Å²) < 4.78 is 0. The molecule has 4 rings (SSSR count). The first kappa shape index (κ1) is 20.9. The van der Waals surface area contributed by atoms with Gasteiger partial charge in [-0.15, -0.1) is 0 Å². The van der Waals surface area contributed by atoms with Crippen molar-refractivity contribution in [1.82, 2.24) is 0 Å². The van der Waals surface area contributed by atoms with Crippen LogP contribution in [-0.4, -0.2) is 17.5 Å². The Kier molecular flexibility index (Phi) is 6.63. The van der Waals surface area contributed by atoms with Crippen LogP contribution in [0.25, 0.3) is 0 Å². The Balaban J connectivity index is 1.57. The number of carbonyl (C=O) groups is 2. The maximum Gasteiger partial charge on any atom is 0.365 e. The van der Waals surface area contributed by atoms with Crippen LogP contribution in [0.1, 0.15) is 37.4 Å². The van der Waals surface area contributed by atoms with Crippen LogP contribution in [-0.2, 0) is 11.3 Å². The summed E-state index contributed by atoms with van der Waals surface area (Å²) in [4.78, 5) is 30.7. The third kappa shape index (κ3) is 5.24. The molecule has 0 N–H and O–H groups in total. The summed E-state index contributed by atoms with van der Waals surface area (Å²) >= 11 is 0. The molecular formula is C28H21NO3. The zero-order valence-corrected chi connectivity index (χ0v) is 17.3. The van der Waals surface area contributed by atoms with Gasteiger partial charge in [0.25, 0.3) is 0 Å². The first-order valence-electron chi connectivity index (χ1n) is 10.3. The minimum atomic E-state index is -0.620. The van der Waals surface area contributed by atoms with Gasteiger partial charge < -0.3 is 4.84 Å². The number of nitrogens with zero attached hydrogens (tertiary/aromatic N) is 1.